The summed E-state index contributed by atoms with van der Waals surface area (Å²) in [6, 6.07) is 29.0. The van der Waals surface area contributed by atoms with E-state index < -0.39 is 23.8 Å². The van der Waals surface area contributed by atoms with Crippen molar-refractivity contribution < 1.29 is 28.7 Å². The quantitative estimate of drug-likeness (QED) is 0.176. The van der Waals surface area contributed by atoms with Gasteiger partial charge >= 0.3 is 11.9 Å². The maximum atomic E-state index is 13.0. The van der Waals surface area contributed by atoms with Crippen LogP contribution in [0, 0.1) is 0 Å². The number of ether oxygens (including phenoxy) is 2. The lowest BCUT2D eigenvalue weighted by atomic mass is 10.1. The smallest absolute Gasteiger partial charge is 0.343 e. The number of imide groups is 1. The van der Waals surface area contributed by atoms with Gasteiger partial charge in [-0.05, 0) is 71.8 Å². The molecule has 8 nitrogen and oxygen atoms in total. The van der Waals surface area contributed by atoms with Crippen molar-refractivity contribution in [3.63, 3.8) is 0 Å². The highest BCUT2D eigenvalue weighted by atomic mass is 35.5. The molecule has 4 aromatic carbocycles. The minimum absolute atomic E-state index is 0.113. The number of halogens is 1. The van der Waals surface area contributed by atoms with Crippen LogP contribution in [0.15, 0.2) is 114 Å². The Labute approximate surface area is 234 Å². The van der Waals surface area contributed by atoms with E-state index in [9.17, 15) is 19.2 Å². The van der Waals surface area contributed by atoms with Crippen molar-refractivity contribution in [1.29, 1.82) is 0 Å². The number of carbonyl (C=O) groups excluding carboxylic acids is 4. The van der Waals surface area contributed by atoms with E-state index >= 15 is 0 Å². The number of benzene rings is 4. The fraction of sp³-hybridized carbons (Fsp3) is 0.0323. The van der Waals surface area contributed by atoms with Crippen LogP contribution in [0.4, 0.5) is 11.4 Å². The second kappa shape index (κ2) is 11.3. The summed E-state index contributed by atoms with van der Waals surface area (Å²) in [5.74, 6) is -2.07. The lowest BCUT2D eigenvalue weighted by Gasteiger charge is -2.15. The molecule has 9 heteroatoms. The molecule has 0 saturated heterocycles. The van der Waals surface area contributed by atoms with Crippen molar-refractivity contribution in [1.82, 2.24) is 0 Å². The van der Waals surface area contributed by atoms with E-state index in [0.29, 0.717) is 17.0 Å². The highest BCUT2D eigenvalue weighted by Crippen LogP contribution is 2.30. The Morgan fingerprint density at radius 1 is 0.700 bits per heavy atom. The first-order chi connectivity index (χ1) is 19.4. The van der Waals surface area contributed by atoms with Crippen LogP contribution in [0.2, 0.25) is 0 Å². The summed E-state index contributed by atoms with van der Waals surface area (Å²) in [6.45, 7) is 0. The summed E-state index contributed by atoms with van der Waals surface area (Å²) in [6.07, 6.45) is 0. The number of nitrogens with zero attached hydrogens (tertiary/aromatic N) is 1. The van der Waals surface area contributed by atoms with Crippen LogP contribution in [0.5, 0.6) is 5.75 Å². The maximum absolute atomic E-state index is 13.0. The summed E-state index contributed by atoms with van der Waals surface area (Å²) in [5.41, 5.74) is 3.18. The predicted octanol–water partition coefficient (Wildman–Crippen LogP) is 5.80. The third kappa shape index (κ3) is 5.34. The molecular weight excluding hydrogens is 532 g/mol. The molecule has 0 spiro atoms. The first-order valence-electron chi connectivity index (χ1n) is 12.1. The van der Waals surface area contributed by atoms with Crippen LogP contribution in [-0.4, -0.2) is 30.9 Å². The molecule has 198 valence electrons. The van der Waals surface area contributed by atoms with Crippen LogP contribution in [0.1, 0.15) is 20.7 Å². The minimum atomic E-state index is -0.710. The van der Waals surface area contributed by atoms with Gasteiger partial charge < -0.3 is 14.8 Å². The monoisotopic (exact) mass is 552 g/mol. The van der Waals surface area contributed by atoms with Gasteiger partial charge in [0, 0.05) is 5.69 Å². The van der Waals surface area contributed by atoms with Crippen LogP contribution in [-0.2, 0) is 14.3 Å². The molecule has 5 rings (SSSR count). The molecule has 1 N–H and O–H groups in total. The Bertz CT molecular complexity index is 1630. The maximum Gasteiger partial charge on any atom is 0.343 e. The van der Waals surface area contributed by atoms with E-state index in [1.807, 2.05) is 42.5 Å². The van der Waals surface area contributed by atoms with Crippen LogP contribution in [0.3, 0.4) is 0 Å². The molecule has 1 aliphatic rings. The Morgan fingerprint density at radius 3 is 1.90 bits per heavy atom. The van der Waals surface area contributed by atoms with Crippen molar-refractivity contribution in [2.45, 2.75) is 0 Å². The van der Waals surface area contributed by atoms with Gasteiger partial charge in [-0.3, -0.25) is 9.59 Å². The first-order valence-corrected chi connectivity index (χ1v) is 12.4. The molecule has 4 aromatic rings. The molecule has 0 unspecified atom stereocenters. The molecule has 2 amide bonds. The van der Waals surface area contributed by atoms with Gasteiger partial charge in [-0.2, -0.15) is 0 Å². The SMILES string of the molecule is COC(=O)c1ccc(N2C(=O)C(Cl)=C(Nc3ccc(C(=O)Oc4ccc(-c5ccccc5)cc4)cc3)C2=O)cc1. The number of esters is 2. The predicted molar refractivity (Wildman–Crippen MR) is 150 cm³/mol. The number of hydrogen-bond acceptors (Lipinski definition) is 7. The summed E-state index contributed by atoms with van der Waals surface area (Å²) in [7, 11) is 1.26. The van der Waals surface area contributed by atoms with Gasteiger partial charge in [-0.1, -0.05) is 54.1 Å². The van der Waals surface area contributed by atoms with E-state index in [-0.39, 0.29) is 22.0 Å². The van der Waals surface area contributed by atoms with Gasteiger partial charge in [-0.15, -0.1) is 0 Å². The number of hydrogen-bond donors (Lipinski definition) is 1. The Morgan fingerprint density at radius 2 is 1.27 bits per heavy atom. The van der Waals surface area contributed by atoms with Crippen LogP contribution < -0.4 is 15.0 Å². The number of carbonyl (C=O) groups is 4. The van der Waals surface area contributed by atoms with Crippen molar-refractivity contribution in [2.75, 3.05) is 17.3 Å². The van der Waals surface area contributed by atoms with Crippen molar-refractivity contribution >= 4 is 46.7 Å². The molecule has 0 aliphatic carbocycles. The second-order valence-electron chi connectivity index (χ2n) is 8.66. The molecule has 0 atom stereocenters. The molecule has 0 aromatic heterocycles. The minimum Gasteiger partial charge on any atom is -0.465 e. The molecule has 0 bridgehead atoms. The average Bonchev–Trinajstić information content (AvgIpc) is 3.20. The van der Waals surface area contributed by atoms with E-state index in [2.05, 4.69) is 10.1 Å². The zero-order valence-corrected chi connectivity index (χ0v) is 21.8. The Kier molecular flexibility index (Phi) is 7.43. The zero-order chi connectivity index (χ0) is 28.2. The number of nitrogens with one attached hydrogen (secondary N) is 1. The summed E-state index contributed by atoms with van der Waals surface area (Å²) >= 11 is 6.20. The fourth-order valence-corrected chi connectivity index (χ4v) is 4.27. The summed E-state index contributed by atoms with van der Waals surface area (Å²) in [5, 5.41) is 2.57. The molecule has 0 radical (unpaired) electrons. The van der Waals surface area contributed by atoms with Gasteiger partial charge in [0.25, 0.3) is 11.8 Å². The number of rotatable bonds is 7. The van der Waals surface area contributed by atoms with E-state index in [1.54, 1.807) is 24.3 Å². The third-order valence-electron chi connectivity index (χ3n) is 6.14. The lowest BCUT2D eigenvalue weighted by molar-refractivity contribution is -0.120. The van der Waals surface area contributed by atoms with Gasteiger partial charge in [-0.25, -0.2) is 14.5 Å². The summed E-state index contributed by atoms with van der Waals surface area (Å²) in [4.78, 5) is 51.0. The van der Waals surface area contributed by atoms with Crippen molar-refractivity contribution in [3.05, 3.63) is 125 Å². The molecular formula is C31H21ClN2O6. The van der Waals surface area contributed by atoms with E-state index in [4.69, 9.17) is 16.3 Å². The molecule has 0 saturated carbocycles. The van der Waals surface area contributed by atoms with E-state index in [1.165, 1.54) is 43.5 Å². The molecule has 1 aliphatic heterocycles. The van der Waals surface area contributed by atoms with Gasteiger partial charge in [0.1, 0.15) is 16.5 Å². The normalized spacial score (nSPS) is 12.9. The molecule has 0 fully saturated rings. The van der Waals surface area contributed by atoms with Gasteiger partial charge in [0.15, 0.2) is 0 Å². The number of amides is 2. The number of anilines is 2. The topological polar surface area (TPSA) is 102 Å². The second-order valence-corrected chi connectivity index (χ2v) is 9.03. The first kappa shape index (κ1) is 26.4. The largest absolute Gasteiger partial charge is 0.465 e. The van der Waals surface area contributed by atoms with Gasteiger partial charge in [0.2, 0.25) is 0 Å². The molecule has 40 heavy (non-hydrogen) atoms. The number of methoxy groups -OCH3 is 1. The van der Waals surface area contributed by atoms with Crippen LogP contribution in [0.25, 0.3) is 11.1 Å². The highest BCUT2D eigenvalue weighted by Gasteiger charge is 2.39. The third-order valence-corrected chi connectivity index (χ3v) is 6.49. The highest BCUT2D eigenvalue weighted by molar-refractivity contribution is 6.53. The Hall–Kier alpha value is -5.21. The molecule has 1 heterocycles. The standard InChI is InChI=1S/C31H21ClN2O6/c1-39-30(37)21-9-15-24(16-10-21)34-28(35)26(32)27(29(34)36)33-23-13-7-22(8-14-23)31(38)40-25-17-11-20(12-18-25)19-5-3-2-4-6-19/h2-18,33H,1H3. The zero-order valence-electron chi connectivity index (χ0n) is 21.1. The van der Waals surface area contributed by atoms with Crippen LogP contribution >= 0.6 is 11.6 Å². The summed E-state index contributed by atoms with van der Waals surface area (Å²) < 4.78 is 10.1. The van der Waals surface area contributed by atoms with E-state index in [0.717, 1.165) is 16.0 Å². The lowest BCUT2D eigenvalue weighted by Crippen LogP contribution is -2.32. The van der Waals surface area contributed by atoms with Gasteiger partial charge in [0.05, 0.1) is 23.9 Å². The average molecular weight is 553 g/mol. The van der Waals surface area contributed by atoms with Crippen molar-refractivity contribution in [2.24, 2.45) is 0 Å². The Balaban J connectivity index is 1.24. The fourth-order valence-electron chi connectivity index (χ4n) is 4.06. The van der Waals surface area contributed by atoms with Crippen molar-refractivity contribution in [3.8, 4) is 16.9 Å².